The number of ether oxygens (including phenoxy) is 1. The average Bonchev–Trinajstić information content (AvgIpc) is 2.61. The Morgan fingerprint density at radius 2 is 2.08 bits per heavy atom. The van der Waals surface area contributed by atoms with Crippen molar-refractivity contribution in [3.05, 3.63) is 64.7 Å². The molecule has 0 atom stereocenters. The summed E-state index contributed by atoms with van der Waals surface area (Å²) in [6, 6.07) is 13.4. The topological polar surface area (TPSA) is 50.1 Å². The maximum Gasteiger partial charge on any atom is 0.258 e. The predicted octanol–water partition coefficient (Wildman–Crippen LogP) is 2.16. The van der Waals surface area contributed by atoms with Gasteiger partial charge in [-0.3, -0.25) is 9.20 Å². The zero-order valence-corrected chi connectivity index (χ0v) is 14.3. The maximum absolute atomic E-state index is 12.3. The molecule has 25 heavy (non-hydrogen) atoms. The summed E-state index contributed by atoms with van der Waals surface area (Å²) in [5.41, 5.74) is 3.51. The first kappa shape index (κ1) is 15.5. The average molecular weight is 336 g/mol. The fourth-order valence-corrected chi connectivity index (χ4v) is 3.09. The van der Waals surface area contributed by atoms with Crippen molar-refractivity contribution in [1.29, 1.82) is 0 Å². The molecule has 0 amide bonds. The Morgan fingerprint density at radius 1 is 1.20 bits per heavy atom. The van der Waals surface area contributed by atoms with Crippen molar-refractivity contribution in [1.82, 2.24) is 9.38 Å². The quantitative estimate of drug-likeness (QED) is 0.734. The van der Waals surface area contributed by atoms with Gasteiger partial charge in [-0.05, 0) is 24.3 Å². The molecule has 3 aromatic rings. The Balaban J connectivity index is 1.68. The summed E-state index contributed by atoms with van der Waals surface area (Å²) in [5.74, 6) is 0.870. The van der Waals surface area contributed by atoms with Crippen molar-refractivity contribution in [3.63, 3.8) is 0 Å². The molecule has 0 spiro atoms. The summed E-state index contributed by atoms with van der Waals surface area (Å²) in [7, 11) is 4.02. The molecule has 0 N–H and O–H groups in total. The number of fused-ring (bicyclic) bond motifs is 2. The van der Waals surface area contributed by atoms with Gasteiger partial charge < -0.3 is 14.5 Å². The molecular weight excluding hydrogens is 316 g/mol. The van der Waals surface area contributed by atoms with E-state index in [4.69, 9.17) is 4.74 Å². The van der Waals surface area contributed by atoms with Crippen LogP contribution in [0, 0.1) is 0 Å². The standard InChI is InChI=1S/C19H20N4O2/c1-21(2)15-6-7-16-17(12-15)25-10-9-22(16)13-14-11-19(24)23-8-4-3-5-18(23)20-14/h3-8,11-12H,9-10,13H2,1-2H3. The second-order valence-electron chi connectivity index (χ2n) is 6.33. The first-order valence-electron chi connectivity index (χ1n) is 8.28. The lowest BCUT2D eigenvalue weighted by Crippen LogP contribution is -2.33. The van der Waals surface area contributed by atoms with Crippen molar-refractivity contribution in [2.24, 2.45) is 0 Å². The van der Waals surface area contributed by atoms with Gasteiger partial charge in [-0.15, -0.1) is 0 Å². The third-order valence-corrected chi connectivity index (χ3v) is 4.40. The Labute approximate surface area is 145 Å². The van der Waals surface area contributed by atoms with Crippen LogP contribution in [0.15, 0.2) is 53.5 Å². The van der Waals surface area contributed by atoms with Gasteiger partial charge in [0, 0.05) is 38.1 Å². The van der Waals surface area contributed by atoms with E-state index in [-0.39, 0.29) is 5.56 Å². The molecule has 6 nitrogen and oxygen atoms in total. The zero-order valence-electron chi connectivity index (χ0n) is 14.3. The molecule has 0 saturated heterocycles. The number of nitrogens with zero attached hydrogens (tertiary/aromatic N) is 4. The Hall–Kier alpha value is -3.02. The molecule has 4 rings (SSSR count). The highest BCUT2D eigenvalue weighted by atomic mass is 16.5. The van der Waals surface area contributed by atoms with Gasteiger partial charge in [0.15, 0.2) is 0 Å². The van der Waals surface area contributed by atoms with E-state index in [9.17, 15) is 4.79 Å². The molecule has 0 radical (unpaired) electrons. The van der Waals surface area contributed by atoms with Gasteiger partial charge in [0.1, 0.15) is 18.0 Å². The monoisotopic (exact) mass is 336 g/mol. The lowest BCUT2D eigenvalue weighted by molar-refractivity contribution is 0.307. The van der Waals surface area contributed by atoms with Gasteiger partial charge in [-0.25, -0.2) is 4.98 Å². The van der Waals surface area contributed by atoms with Crippen LogP contribution in [0.5, 0.6) is 5.75 Å². The molecule has 0 saturated carbocycles. The van der Waals surface area contributed by atoms with Crippen LogP contribution in [-0.4, -0.2) is 36.6 Å². The molecule has 128 valence electrons. The second-order valence-corrected chi connectivity index (χ2v) is 6.33. The van der Waals surface area contributed by atoms with Crippen LogP contribution < -0.4 is 20.1 Å². The van der Waals surface area contributed by atoms with E-state index >= 15 is 0 Å². The first-order valence-corrected chi connectivity index (χ1v) is 8.28. The van der Waals surface area contributed by atoms with E-state index in [1.807, 2.05) is 38.4 Å². The highest BCUT2D eigenvalue weighted by Gasteiger charge is 2.20. The van der Waals surface area contributed by atoms with Crippen molar-refractivity contribution >= 4 is 17.0 Å². The summed E-state index contributed by atoms with van der Waals surface area (Å²) in [6.45, 7) is 1.97. The summed E-state index contributed by atoms with van der Waals surface area (Å²) in [5, 5.41) is 0. The number of aromatic nitrogens is 2. The second kappa shape index (κ2) is 6.12. The van der Waals surface area contributed by atoms with Gasteiger partial charge in [0.2, 0.25) is 0 Å². The van der Waals surface area contributed by atoms with Crippen LogP contribution in [0.4, 0.5) is 11.4 Å². The van der Waals surface area contributed by atoms with E-state index in [0.717, 1.165) is 29.4 Å². The third-order valence-electron chi connectivity index (χ3n) is 4.40. The number of anilines is 2. The van der Waals surface area contributed by atoms with Crippen LogP contribution in [0.2, 0.25) is 0 Å². The highest BCUT2D eigenvalue weighted by Crippen LogP contribution is 2.35. The minimum atomic E-state index is -0.0583. The molecule has 0 fully saturated rings. The third kappa shape index (κ3) is 2.91. The van der Waals surface area contributed by atoms with Crippen molar-refractivity contribution in [2.45, 2.75) is 6.54 Å². The van der Waals surface area contributed by atoms with Crippen molar-refractivity contribution < 1.29 is 4.74 Å². The minimum absolute atomic E-state index is 0.0583. The van der Waals surface area contributed by atoms with Gasteiger partial charge in [-0.2, -0.15) is 0 Å². The summed E-state index contributed by atoms with van der Waals surface area (Å²) >= 11 is 0. The largest absolute Gasteiger partial charge is 0.489 e. The smallest absolute Gasteiger partial charge is 0.258 e. The first-order chi connectivity index (χ1) is 12.1. The van der Waals surface area contributed by atoms with Crippen LogP contribution in [-0.2, 0) is 6.54 Å². The zero-order chi connectivity index (χ0) is 17.4. The number of hydrogen-bond acceptors (Lipinski definition) is 5. The fraction of sp³-hybridized carbons (Fsp3) is 0.263. The molecule has 0 unspecified atom stereocenters. The van der Waals surface area contributed by atoms with E-state index < -0.39 is 0 Å². The number of pyridine rings is 1. The minimum Gasteiger partial charge on any atom is -0.489 e. The Morgan fingerprint density at radius 3 is 2.92 bits per heavy atom. The number of rotatable bonds is 3. The van der Waals surface area contributed by atoms with E-state index in [1.165, 1.54) is 0 Å². The van der Waals surface area contributed by atoms with Crippen molar-refractivity contribution in [2.75, 3.05) is 37.0 Å². The molecule has 0 aliphatic carbocycles. The lowest BCUT2D eigenvalue weighted by Gasteiger charge is -2.31. The Bertz CT molecular complexity index is 981. The summed E-state index contributed by atoms with van der Waals surface area (Å²) < 4.78 is 7.38. The molecule has 0 bridgehead atoms. The number of benzene rings is 1. The molecule has 1 aromatic carbocycles. The van der Waals surface area contributed by atoms with Crippen LogP contribution in [0.25, 0.3) is 5.65 Å². The van der Waals surface area contributed by atoms with E-state index in [1.54, 1.807) is 16.7 Å². The molecule has 3 heterocycles. The summed E-state index contributed by atoms with van der Waals surface area (Å²) in [4.78, 5) is 21.2. The fourth-order valence-electron chi connectivity index (χ4n) is 3.09. The maximum atomic E-state index is 12.3. The SMILES string of the molecule is CN(C)c1ccc2c(c1)OCCN2Cc1cc(=O)n2ccccc2n1. The highest BCUT2D eigenvalue weighted by molar-refractivity contribution is 5.66. The molecule has 2 aromatic heterocycles. The summed E-state index contributed by atoms with van der Waals surface area (Å²) in [6.07, 6.45) is 1.74. The van der Waals surface area contributed by atoms with Gasteiger partial charge in [0.05, 0.1) is 24.5 Å². The molecule has 6 heteroatoms. The van der Waals surface area contributed by atoms with Gasteiger partial charge in [0.25, 0.3) is 5.56 Å². The lowest BCUT2D eigenvalue weighted by atomic mass is 10.2. The number of hydrogen-bond donors (Lipinski definition) is 0. The molecule has 1 aliphatic heterocycles. The van der Waals surface area contributed by atoms with Gasteiger partial charge in [-0.1, -0.05) is 6.07 Å². The van der Waals surface area contributed by atoms with Gasteiger partial charge >= 0.3 is 0 Å². The van der Waals surface area contributed by atoms with Crippen LogP contribution in [0.3, 0.4) is 0 Å². The normalized spacial score (nSPS) is 13.4. The predicted molar refractivity (Wildman–Crippen MR) is 98.8 cm³/mol. The van der Waals surface area contributed by atoms with E-state index in [0.29, 0.717) is 18.8 Å². The van der Waals surface area contributed by atoms with Crippen LogP contribution in [0.1, 0.15) is 5.69 Å². The molecular formula is C19H20N4O2. The Kier molecular flexibility index (Phi) is 3.80. The van der Waals surface area contributed by atoms with E-state index in [2.05, 4.69) is 26.9 Å². The van der Waals surface area contributed by atoms with Crippen molar-refractivity contribution in [3.8, 4) is 5.75 Å². The van der Waals surface area contributed by atoms with Crippen LogP contribution >= 0.6 is 0 Å². The molecule has 1 aliphatic rings.